The molecule has 1 amide bonds. The summed E-state index contributed by atoms with van der Waals surface area (Å²) in [6.45, 7) is 4.70. The zero-order valence-electron chi connectivity index (χ0n) is 17.5. The molecule has 1 aromatic heterocycles. The number of thioether (sulfide) groups is 1. The molecule has 2 atom stereocenters. The molecule has 0 aliphatic rings. The van der Waals surface area contributed by atoms with E-state index in [0.29, 0.717) is 29.2 Å². The molecule has 0 aliphatic heterocycles. The van der Waals surface area contributed by atoms with Gasteiger partial charge in [-0.25, -0.2) is 4.39 Å². The standard InChI is InChI=1S/C22H24ClFN4O2S/c1-14(16-6-10-19(24)11-7-16)25-21(29)15(2)31-22-27-26-20(28(22)12-13-30-3)17-4-8-18(23)9-5-17/h4-11,14-15H,12-13H2,1-3H3,(H,25,29)/t14-,15+/m0/s1. The summed E-state index contributed by atoms with van der Waals surface area (Å²) in [6, 6.07) is 13.2. The number of hydrogen-bond donors (Lipinski definition) is 1. The number of methoxy groups -OCH3 is 1. The fourth-order valence-corrected chi connectivity index (χ4v) is 3.96. The summed E-state index contributed by atoms with van der Waals surface area (Å²) in [5.74, 6) is 0.234. The zero-order valence-corrected chi connectivity index (χ0v) is 19.1. The van der Waals surface area contributed by atoms with Gasteiger partial charge in [0.2, 0.25) is 5.91 Å². The van der Waals surface area contributed by atoms with E-state index in [-0.39, 0.29) is 17.8 Å². The maximum atomic E-state index is 13.1. The Bertz CT molecular complexity index is 1010. The van der Waals surface area contributed by atoms with E-state index in [2.05, 4.69) is 15.5 Å². The second-order valence-corrected chi connectivity index (χ2v) is 8.74. The van der Waals surface area contributed by atoms with Crippen LogP contribution in [-0.2, 0) is 16.1 Å². The van der Waals surface area contributed by atoms with Crippen molar-refractivity contribution < 1.29 is 13.9 Å². The van der Waals surface area contributed by atoms with Gasteiger partial charge in [-0.2, -0.15) is 0 Å². The van der Waals surface area contributed by atoms with Crippen molar-refractivity contribution in [3.05, 3.63) is 64.9 Å². The number of halogens is 2. The number of hydrogen-bond acceptors (Lipinski definition) is 5. The number of nitrogens with one attached hydrogen (secondary N) is 1. The van der Waals surface area contributed by atoms with E-state index in [1.165, 1.54) is 23.9 Å². The third kappa shape index (κ3) is 6.06. The Morgan fingerprint density at radius 2 is 1.84 bits per heavy atom. The lowest BCUT2D eigenvalue weighted by Gasteiger charge is -2.18. The maximum Gasteiger partial charge on any atom is 0.233 e. The van der Waals surface area contributed by atoms with Crippen LogP contribution in [0.5, 0.6) is 0 Å². The smallest absolute Gasteiger partial charge is 0.233 e. The summed E-state index contributed by atoms with van der Waals surface area (Å²) in [5, 5.41) is 12.4. The van der Waals surface area contributed by atoms with Gasteiger partial charge in [0.1, 0.15) is 5.82 Å². The first-order valence-electron chi connectivity index (χ1n) is 9.79. The minimum Gasteiger partial charge on any atom is -0.383 e. The summed E-state index contributed by atoms with van der Waals surface area (Å²) in [6.07, 6.45) is 0. The van der Waals surface area contributed by atoms with Crippen LogP contribution in [0.1, 0.15) is 25.5 Å². The number of carbonyl (C=O) groups excluding carboxylic acids is 1. The van der Waals surface area contributed by atoms with Gasteiger partial charge < -0.3 is 10.1 Å². The molecule has 6 nitrogen and oxygen atoms in total. The molecule has 0 saturated heterocycles. The molecule has 9 heteroatoms. The van der Waals surface area contributed by atoms with E-state index in [1.807, 2.05) is 30.5 Å². The minimum atomic E-state index is -0.411. The average molecular weight is 463 g/mol. The lowest BCUT2D eigenvalue weighted by atomic mass is 10.1. The summed E-state index contributed by atoms with van der Waals surface area (Å²) in [7, 11) is 1.63. The van der Waals surface area contributed by atoms with Crippen molar-refractivity contribution in [2.45, 2.75) is 36.8 Å². The first-order chi connectivity index (χ1) is 14.9. The molecule has 31 heavy (non-hydrogen) atoms. The number of ether oxygens (including phenoxy) is 1. The molecular formula is C22H24ClFN4O2S. The molecular weight excluding hydrogens is 439 g/mol. The third-order valence-corrected chi connectivity index (χ3v) is 6.05. The Balaban J connectivity index is 1.73. The number of carbonyl (C=O) groups is 1. The van der Waals surface area contributed by atoms with E-state index >= 15 is 0 Å². The second-order valence-electron chi connectivity index (χ2n) is 7.00. The van der Waals surface area contributed by atoms with E-state index in [9.17, 15) is 9.18 Å². The molecule has 0 bridgehead atoms. The number of amides is 1. The molecule has 1 heterocycles. The topological polar surface area (TPSA) is 69.0 Å². The lowest BCUT2D eigenvalue weighted by molar-refractivity contribution is -0.120. The second kappa shape index (κ2) is 10.7. The molecule has 164 valence electrons. The van der Waals surface area contributed by atoms with Crippen LogP contribution in [0.15, 0.2) is 53.7 Å². The van der Waals surface area contributed by atoms with Crippen molar-refractivity contribution >= 4 is 29.3 Å². The van der Waals surface area contributed by atoms with Crippen LogP contribution >= 0.6 is 23.4 Å². The van der Waals surface area contributed by atoms with Crippen molar-refractivity contribution in [3.8, 4) is 11.4 Å². The Labute approximate surface area is 190 Å². The van der Waals surface area contributed by atoms with Crippen LogP contribution in [0.3, 0.4) is 0 Å². The van der Waals surface area contributed by atoms with Gasteiger partial charge in [0, 0.05) is 17.7 Å². The van der Waals surface area contributed by atoms with Crippen LogP contribution in [0.4, 0.5) is 4.39 Å². The molecule has 0 aliphatic carbocycles. The molecule has 0 radical (unpaired) electrons. The fourth-order valence-electron chi connectivity index (χ4n) is 2.95. The SMILES string of the molecule is COCCn1c(S[C@H](C)C(=O)N[C@@H](C)c2ccc(F)cc2)nnc1-c1ccc(Cl)cc1. The van der Waals surface area contributed by atoms with Crippen LogP contribution in [0, 0.1) is 5.82 Å². The summed E-state index contributed by atoms with van der Waals surface area (Å²) < 4.78 is 20.3. The van der Waals surface area contributed by atoms with Gasteiger partial charge in [0.25, 0.3) is 0 Å². The highest BCUT2D eigenvalue weighted by atomic mass is 35.5. The highest BCUT2D eigenvalue weighted by Gasteiger charge is 2.22. The normalized spacial score (nSPS) is 13.1. The van der Waals surface area contributed by atoms with Crippen molar-refractivity contribution in [3.63, 3.8) is 0 Å². The van der Waals surface area contributed by atoms with Crippen LogP contribution in [-0.4, -0.2) is 39.6 Å². The molecule has 2 aromatic carbocycles. The van der Waals surface area contributed by atoms with Gasteiger partial charge in [-0.1, -0.05) is 35.5 Å². The predicted octanol–water partition coefficient (Wildman–Crippen LogP) is 4.74. The van der Waals surface area contributed by atoms with E-state index in [4.69, 9.17) is 16.3 Å². The first kappa shape index (κ1) is 23.2. The Morgan fingerprint density at radius 3 is 2.48 bits per heavy atom. The van der Waals surface area contributed by atoms with Crippen molar-refractivity contribution in [2.24, 2.45) is 0 Å². The van der Waals surface area contributed by atoms with Gasteiger partial charge in [-0.05, 0) is 55.8 Å². The van der Waals surface area contributed by atoms with E-state index in [1.54, 1.807) is 31.4 Å². The highest BCUT2D eigenvalue weighted by molar-refractivity contribution is 8.00. The quantitative estimate of drug-likeness (QED) is 0.465. The van der Waals surface area contributed by atoms with Crippen molar-refractivity contribution in [1.82, 2.24) is 20.1 Å². The van der Waals surface area contributed by atoms with E-state index < -0.39 is 5.25 Å². The average Bonchev–Trinajstić information content (AvgIpc) is 3.15. The molecule has 0 spiro atoms. The Hall–Kier alpha value is -2.42. The van der Waals surface area contributed by atoms with Gasteiger partial charge in [-0.15, -0.1) is 10.2 Å². The van der Waals surface area contributed by atoms with Gasteiger partial charge in [0.05, 0.1) is 24.4 Å². The van der Waals surface area contributed by atoms with E-state index in [0.717, 1.165) is 11.1 Å². The summed E-state index contributed by atoms with van der Waals surface area (Å²) in [4.78, 5) is 12.7. The largest absolute Gasteiger partial charge is 0.383 e. The number of aromatic nitrogens is 3. The Kier molecular flexibility index (Phi) is 8.06. The summed E-state index contributed by atoms with van der Waals surface area (Å²) >= 11 is 7.32. The number of benzene rings is 2. The van der Waals surface area contributed by atoms with Crippen molar-refractivity contribution in [2.75, 3.05) is 13.7 Å². The monoisotopic (exact) mass is 462 g/mol. The Morgan fingerprint density at radius 1 is 1.16 bits per heavy atom. The minimum absolute atomic E-state index is 0.142. The van der Waals surface area contributed by atoms with Crippen molar-refractivity contribution in [1.29, 1.82) is 0 Å². The molecule has 1 N–H and O–H groups in total. The molecule has 0 fully saturated rings. The van der Waals surface area contributed by atoms with Gasteiger partial charge in [-0.3, -0.25) is 9.36 Å². The highest BCUT2D eigenvalue weighted by Crippen LogP contribution is 2.28. The summed E-state index contributed by atoms with van der Waals surface area (Å²) in [5.41, 5.74) is 1.71. The van der Waals surface area contributed by atoms with Crippen LogP contribution < -0.4 is 5.32 Å². The third-order valence-electron chi connectivity index (χ3n) is 4.72. The number of nitrogens with zero attached hydrogens (tertiary/aromatic N) is 3. The van der Waals surface area contributed by atoms with Gasteiger partial charge >= 0.3 is 0 Å². The lowest BCUT2D eigenvalue weighted by Crippen LogP contribution is -2.33. The molecule has 3 rings (SSSR count). The molecule has 0 unspecified atom stereocenters. The van der Waals surface area contributed by atoms with Crippen LogP contribution in [0.2, 0.25) is 5.02 Å². The fraction of sp³-hybridized carbons (Fsp3) is 0.318. The molecule has 0 saturated carbocycles. The zero-order chi connectivity index (χ0) is 22.4. The maximum absolute atomic E-state index is 13.1. The van der Waals surface area contributed by atoms with Crippen LogP contribution in [0.25, 0.3) is 11.4 Å². The predicted molar refractivity (Wildman–Crippen MR) is 121 cm³/mol. The first-order valence-corrected chi connectivity index (χ1v) is 11.1. The van der Waals surface area contributed by atoms with Gasteiger partial charge in [0.15, 0.2) is 11.0 Å². The molecule has 3 aromatic rings. The number of rotatable bonds is 9.